The van der Waals surface area contributed by atoms with Gasteiger partial charge in [-0.2, -0.15) is 0 Å². The lowest BCUT2D eigenvalue weighted by atomic mass is 10.3. The van der Waals surface area contributed by atoms with E-state index in [2.05, 4.69) is 25.5 Å². The average Bonchev–Trinajstić information content (AvgIpc) is 2.33. The molecule has 1 aliphatic heterocycles. The highest BCUT2D eigenvalue weighted by Gasteiger charge is 2.08. The Morgan fingerprint density at radius 3 is 2.69 bits per heavy atom. The third-order valence-corrected chi connectivity index (χ3v) is 2.74. The molecule has 16 heavy (non-hydrogen) atoms. The van der Waals surface area contributed by atoms with Crippen LogP contribution in [0.5, 0.6) is 0 Å². The molecule has 1 aliphatic rings. The number of piperazine rings is 1. The van der Waals surface area contributed by atoms with Gasteiger partial charge in [0, 0.05) is 39.3 Å². The van der Waals surface area contributed by atoms with E-state index in [1.54, 1.807) is 12.4 Å². The van der Waals surface area contributed by atoms with Crippen LogP contribution >= 0.6 is 11.6 Å². The minimum Gasteiger partial charge on any atom is -0.353 e. The molecule has 0 atom stereocenters. The summed E-state index contributed by atoms with van der Waals surface area (Å²) < 4.78 is 0. The first-order valence-corrected chi connectivity index (χ1v) is 5.87. The summed E-state index contributed by atoms with van der Waals surface area (Å²) in [6.07, 6.45) is 3.20. The van der Waals surface area contributed by atoms with E-state index < -0.39 is 0 Å². The fraction of sp³-hybridized carbons (Fsp3) is 0.600. The zero-order valence-corrected chi connectivity index (χ0v) is 9.87. The Kier molecular flexibility index (Phi) is 4.33. The zero-order valence-electron chi connectivity index (χ0n) is 9.12. The van der Waals surface area contributed by atoms with Crippen LogP contribution in [0.15, 0.2) is 12.4 Å². The molecule has 1 aromatic rings. The van der Waals surface area contributed by atoms with Crippen molar-refractivity contribution in [2.24, 2.45) is 0 Å². The number of nitrogens with zero attached hydrogens (tertiary/aromatic N) is 3. The Hall–Kier alpha value is -0.910. The molecular formula is C10H16ClN5. The molecule has 88 valence electrons. The molecular weight excluding hydrogens is 226 g/mol. The van der Waals surface area contributed by atoms with Crippen LogP contribution in [0.4, 0.5) is 5.95 Å². The van der Waals surface area contributed by atoms with Gasteiger partial charge in [-0.05, 0) is 0 Å². The second kappa shape index (κ2) is 5.98. The number of anilines is 1. The van der Waals surface area contributed by atoms with E-state index in [1.165, 1.54) is 0 Å². The summed E-state index contributed by atoms with van der Waals surface area (Å²) >= 11 is 5.70. The normalized spacial score (nSPS) is 17.3. The summed E-state index contributed by atoms with van der Waals surface area (Å²) in [7, 11) is 0. The van der Waals surface area contributed by atoms with Gasteiger partial charge >= 0.3 is 0 Å². The second-order valence-electron chi connectivity index (χ2n) is 3.74. The minimum atomic E-state index is 0.563. The van der Waals surface area contributed by atoms with Crippen LogP contribution in [0.25, 0.3) is 0 Å². The van der Waals surface area contributed by atoms with Crippen LogP contribution in [-0.4, -0.2) is 54.1 Å². The fourth-order valence-electron chi connectivity index (χ4n) is 1.66. The van der Waals surface area contributed by atoms with Gasteiger partial charge in [0.15, 0.2) is 0 Å². The van der Waals surface area contributed by atoms with Gasteiger partial charge in [0.05, 0.1) is 17.4 Å². The molecule has 6 heteroatoms. The average molecular weight is 242 g/mol. The second-order valence-corrected chi connectivity index (χ2v) is 4.18. The molecule has 1 aromatic heterocycles. The molecule has 0 radical (unpaired) electrons. The molecule has 1 saturated heterocycles. The predicted octanol–water partition coefficient (Wildman–Crippen LogP) is 0.447. The van der Waals surface area contributed by atoms with Crippen molar-refractivity contribution in [1.82, 2.24) is 20.2 Å². The number of nitrogens with one attached hydrogen (secondary N) is 2. The van der Waals surface area contributed by atoms with Crippen LogP contribution in [0, 0.1) is 0 Å². The molecule has 0 saturated carbocycles. The van der Waals surface area contributed by atoms with Crippen LogP contribution in [0.1, 0.15) is 0 Å². The summed E-state index contributed by atoms with van der Waals surface area (Å²) in [6.45, 7) is 6.27. The number of hydrogen-bond donors (Lipinski definition) is 2. The molecule has 2 heterocycles. The number of hydrogen-bond acceptors (Lipinski definition) is 5. The molecule has 0 aromatic carbocycles. The quantitative estimate of drug-likeness (QED) is 0.802. The van der Waals surface area contributed by atoms with Crippen molar-refractivity contribution in [3.05, 3.63) is 17.4 Å². The van der Waals surface area contributed by atoms with Crippen molar-refractivity contribution in [2.75, 3.05) is 44.6 Å². The Morgan fingerprint density at radius 2 is 2.00 bits per heavy atom. The molecule has 2 N–H and O–H groups in total. The standard InChI is InChI=1S/C10H16ClN5/c11-9-7-14-10(15-8-9)13-3-6-16-4-1-12-2-5-16/h7-8,12H,1-6H2,(H,13,14,15). The molecule has 0 unspecified atom stereocenters. The van der Waals surface area contributed by atoms with E-state index in [0.29, 0.717) is 11.0 Å². The smallest absolute Gasteiger partial charge is 0.222 e. The van der Waals surface area contributed by atoms with Gasteiger partial charge in [0.1, 0.15) is 0 Å². The maximum absolute atomic E-state index is 5.70. The third-order valence-electron chi connectivity index (χ3n) is 2.54. The first kappa shape index (κ1) is 11.6. The van der Waals surface area contributed by atoms with Crippen LogP contribution < -0.4 is 10.6 Å². The highest BCUT2D eigenvalue weighted by molar-refractivity contribution is 6.30. The van der Waals surface area contributed by atoms with Crippen molar-refractivity contribution in [3.63, 3.8) is 0 Å². The van der Waals surface area contributed by atoms with E-state index in [9.17, 15) is 0 Å². The Labute approximate surface area is 100 Å². The van der Waals surface area contributed by atoms with Crippen molar-refractivity contribution in [3.8, 4) is 0 Å². The lowest BCUT2D eigenvalue weighted by Crippen LogP contribution is -2.45. The van der Waals surface area contributed by atoms with E-state index in [-0.39, 0.29) is 0 Å². The first-order valence-electron chi connectivity index (χ1n) is 5.49. The predicted molar refractivity (Wildman–Crippen MR) is 64.8 cm³/mol. The van der Waals surface area contributed by atoms with Gasteiger partial charge < -0.3 is 10.6 Å². The molecule has 5 nitrogen and oxygen atoms in total. The van der Waals surface area contributed by atoms with Crippen molar-refractivity contribution < 1.29 is 0 Å². The van der Waals surface area contributed by atoms with Crippen LogP contribution in [-0.2, 0) is 0 Å². The summed E-state index contributed by atoms with van der Waals surface area (Å²) in [5.41, 5.74) is 0. The Bertz CT molecular complexity index is 309. The minimum absolute atomic E-state index is 0.563. The van der Waals surface area contributed by atoms with Crippen LogP contribution in [0.3, 0.4) is 0 Å². The van der Waals surface area contributed by atoms with E-state index in [4.69, 9.17) is 11.6 Å². The lowest BCUT2D eigenvalue weighted by Gasteiger charge is -2.27. The summed E-state index contributed by atoms with van der Waals surface area (Å²) in [4.78, 5) is 10.6. The highest BCUT2D eigenvalue weighted by Crippen LogP contribution is 2.05. The summed E-state index contributed by atoms with van der Waals surface area (Å²) in [6, 6.07) is 0. The van der Waals surface area contributed by atoms with Crippen molar-refractivity contribution in [2.45, 2.75) is 0 Å². The first-order chi connectivity index (χ1) is 7.84. The van der Waals surface area contributed by atoms with E-state index in [0.717, 1.165) is 39.3 Å². The van der Waals surface area contributed by atoms with Gasteiger partial charge in [-0.3, -0.25) is 4.90 Å². The third kappa shape index (κ3) is 3.59. The van der Waals surface area contributed by atoms with Gasteiger partial charge in [-0.15, -0.1) is 0 Å². The van der Waals surface area contributed by atoms with Gasteiger partial charge in [-0.25, -0.2) is 9.97 Å². The fourth-order valence-corrected chi connectivity index (χ4v) is 1.76. The molecule has 2 rings (SSSR count). The van der Waals surface area contributed by atoms with E-state index >= 15 is 0 Å². The molecule has 0 spiro atoms. The maximum atomic E-state index is 5.70. The largest absolute Gasteiger partial charge is 0.353 e. The number of halogens is 1. The Balaban J connectivity index is 1.69. The van der Waals surface area contributed by atoms with Crippen molar-refractivity contribution >= 4 is 17.5 Å². The van der Waals surface area contributed by atoms with Crippen molar-refractivity contribution in [1.29, 1.82) is 0 Å². The Morgan fingerprint density at radius 1 is 1.31 bits per heavy atom. The molecule has 0 aliphatic carbocycles. The molecule has 0 bridgehead atoms. The van der Waals surface area contributed by atoms with E-state index in [1.807, 2.05) is 0 Å². The zero-order chi connectivity index (χ0) is 11.2. The van der Waals surface area contributed by atoms with Gasteiger partial charge in [0.25, 0.3) is 0 Å². The highest BCUT2D eigenvalue weighted by atomic mass is 35.5. The summed E-state index contributed by atoms with van der Waals surface area (Å²) in [5, 5.41) is 7.07. The lowest BCUT2D eigenvalue weighted by molar-refractivity contribution is 0.249. The van der Waals surface area contributed by atoms with Crippen LogP contribution in [0.2, 0.25) is 5.02 Å². The maximum Gasteiger partial charge on any atom is 0.222 e. The summed E-state index contributed by atoms with van der Waals surface area (Å²) in [5.74, 6) is 0.638. The SMILES string of the molecule is Clc1cnc(NCCN2CCNCC2)nc1. The number of rotatable bonds is 4. The molecule has 0 amide bonds. The monoisotopic (exact) mass is 241 g/mol. The number of aromatic nitrogens is 2. The molecule has 1 fully saturated rings. The topological polar surface area (TPSA) is 53.1 Å². The van der Waals surface area contributed by atoms with Gasteiger partial charge in [-0.1, -0.05) is 11.6 Å². The van der Waals surface area contributed by atoms with Gasteiger partial charge in [0.2, 0.25) is 5.95 Å².